The SMILES string of the molecule is CC(C)N(C)c1ccc2oc(=O)[nH]c2c1. The van der Waals surface area contributed by atoms with Crippen molar-refractivity contribution in [1.29, 1.82) is 0 Å². The zero-order valence-electron chi connectivity index (χ0n) is 9.07. The van der Waals surface area contributed by atoms with Crippen molar-refractivity contribution in [3.63, 3.8) is 0 Å². The largest absolute Gasteiger partial charge is 0.417 e. The van der Waals surface area contributed by atoms with Crippen molar-refractivity contribution >= 4 is 16.8 Å². The quantitative estimate of drug-likeness (QED) is 0.817. The van der Waals surface area contributed by atoms with E-state index in [1.54, 1.807) is 6.07 Å². The number of fused-ring (bicyclic) bond motifs is 1. The summed E-state index contributed by atoms with van der Waals surface area (Å²) in [7, 11) is 2.02. The second kappa shape index (κ2) is 3.46. The predicted octanol–water partition coefficient (Wildman–Crippen LogP) is 1.97. The molecule has 1 N–H and O–H groups in total. The molecule has 0 saturated heterocycles. The van der Waals surface area contributed by atoms with Crippen LogP contribution in [0.3, 0.4) is 0 Å². The molecule has 1 aromatic carbocycles. The molecule has 15 heavy (non-hydrogen) atoms. The van der Waals surface area contributed by atoms with Crippen molar-refractivity contribution in [2.45, 2.75) is 19.9 Å². The minimum Gasteiger partial charge on any atom is -0.408 e. The van der Waals surface area contributed by atoms with Crippen LogP contribution in [0.4, 0.5) is 5.69 Å². The average Bonchev–Trinajstić information content (AvgIpc) is 2.55. The van der Waals surface area contributed by atoms with Crippen LogP contribution in [0.5, 0.6) is 0 Å². The van der Waals surface area contributed by atoms with E-state index < -0.39 is 5.76 Å². The molecule has 0 atom stereocenters. The molecule has 0 spiro atoms. The van der Waals surface area contributed by atoms with Crippen LogP contribution < -0.4 is 10.7 Å². The maximum atomic E-state index is 11.0. The summed E-state index contributed by atoms with van der Waals surface area (Å²) in [6, 6.07) is 6.09. The molecule has 1 heterocycles. The van der Waals surface area contributed by atoms with E-state index in [1.807, 2.05) is 19.2 Å². The number of nitrogens with zero attached hydrogens (tertiary/aromatic N) is 1. The van der Waals surface area contributed by atoms with Crippen LogP contribution in [-0.4, -0.2) is 18.1 Å². The number of rotatable bonds is 2. The maximum Gasteiger partial charge on any atom is 0.417 e. The number of nitrogens with one attached hydrogen (secondary N) is 1. The summed E-state index contributed by atoms with van der Waals surface area (Å²) in [5.74, 6) is -0.408. The Morgan fingerprint density at radius 3 is 2.80 bits per heavy atom. The van der Waals surface area contributed by atoms with Crippen molar-refractivity contribution in [3.8, 4) is 0 Å². The van der Waals surface area contributed by atoms with Gasteiger partial charge in [-0.25, -0.2) is 4.79 Å². The van der Waals surface area contributed by atoms with Crippen LogP contribution in [0.2, 0.25) is 0 Å². The first-order valence-electron chi connectivity index (χ1n) is 4.93. The Morgan fingerprint density at radius 1 is 1.40 bits per heavy atom. The first-order chi connectivity index (χ1) is 7.08. The van der Waals surface area contributed by atoms with Gasteiger partial charge in [-0.3, -0.25) is 4.98 Å². The molecular weight excluding hydrogens is 192 g/mol. The highest BCUT2D eigenvalue weighted by Crippen LogP contribution is 2.20. The Balaban J connectivity index is 2.50. The summed E-state index contributed by atoms with van der Waals surface area (Å²) >= 11 is 0. The number of oxazole rings is 1. The fraction of sp³-hybridized carbons (Fsp3) is 0.364. The second-order valence-electron chi connectivity index (χ2n) is 3.90. The van der Waals surface area contributed by atoms with Crippen molar-refractivity contribution in [3.05, 3.63) is 28.7 Å². The fourth-order valence-corrected chi connectivity index (χ4v) is 1.46. The molecular formula is C11H14N2O2. The second-order valence-corrected chi connectivity index (χ2v) is 3.90. The lowest BCUT2D eigenvalue weighted by molar-refractivity contribution is 0.555. The maximum absolute atomic E-state index is 11.0. The molecule has 0 aliphatic rings. The molecule has 1 aromatic heterocycles. The lowest BCUT2D eigenvalue weighted by atomic mass is 10.2. The number of hydrogen-bond acceptors (Lipinski definition) is 3. The number of benzene rings is 1. The minimum atomic E-state index is -0.408. The van der Waals surface area contributed by atoms with E-state index in [4.69, 9.17) is 4.42 Å². The van der Waals surface area contributed by atoms with Gasteiger partial charge in [-0.2, -0.15) is 0 Å². The normalized spacial score (nSPS) is 11.2. The molecule has 2 rings (SSSR count). The van der Waals surface area contributed by atoms with Crippen molar-refractivity contribution < 1.29 is 4.42 Å². The van der Waals surface area contributed by atoms with Gasteiger partial charge in [0.25, 0.3) is 0 Å². The smallest absolute Gasteiger partial charge is 0.408 e. The van der Waals surface area contributed by atoms with Gasteiger partial charge >= 0.3 is 5.76 Å². The summed E-state index contributed by atoms with van der Waals surface area (Å²) in [5, 5.41) is 0. The standard InChI is InChI=1S/C11H14N2O2/c1-7(2)13(3)8-4-5-10-9(6-8)12-11(14)15-10/h4-7H,1-3H3,(H,12,14). The van der Waals surface area contributed by atoms with Gasteiger partial charge < -0.3 is 9.32 Å². The Morgan fingerprint density at radius 2 is 2.13 bits per heavy atom. The van der Waals surface area contributed by atoms with E-state index >= 15 is 0 Å². The van der Waals surface area contributed by atoms with Gasteiger partial charge in [0, 0.05) is 18.8 Å². The van der Waals surface area contributed by atoms with Crippen LogP contribution in [0.25, 0.3) is 11.1 Å². The van der Waals surface area contributed by atoms with E-state index in [0.717, 1.165) is 11.2 Å². The van der Waals surface area contributed by atoms with E-state index in [0.29, 0.717) is 11.6 Å². The summed E-state index contributed by atoms with van der Waals surface area (Å²) in [4.78, 5) is 15.7. The number of aromatic nitrogens is 1. The average molecular weight is 206 g/mol. The van der Waals surface area contributed by atoms with E-state index in [2.05, 4.69) is 23.7 Å². The van der Waals surface area contributed by atoms with Crippen molar-refractivity contribution in [2.24, 2.45) is 0 Å². The summed E-state index contributed by atoms with van der Waals surface area (Å²) < 4.78 is 4.93. The monoisotopic (exact) mass is 206 g/mol. The zero-order valence-corrected chi connectivity index (χ0v) is 9.07. The molecule has 0 amide bonds. The third-order valence-corrected chi connectivity index (χ3v) is 2.58. The van der Waals surface area contributed by atoms with E-state index in [9.17, 15) is 4.79 Å². The molecule has 4 heteroatoms. The lowest BCUT2D eigenvalue weighted by Crippen LogP contribution is -2.25. The predicted molar refractivity (Wildman–Crippen MR) is 60.4 cm³/mol. The summed E-state index contributed by atoms with van der Waals surface area (Å²) in [5.41, 5.74) is 2.40. The van der Waals surface area contributed by atoms with Gasteiger partial charge in [0.05, 0.1) is 5.52 Å². The van der Waals surface area contributed by atoms with Crippen LogP contribution in [-0.2, 0) is 0 Å². The fourth-order valence-electron chi connectivity index (χ4n) is 1.46. The highest BCUT2D eigenvalue weighted by molar-refractivity contribution is 5.77. The van der Waals surface area contributed by atoms with Gasteiger partial charge in [0.1, 0.15) is 0 Å². The van der Waals surface area contributed by atoms with Gasteiger partial charge in [-0.05, 0) is 32.0 Å². The molecule has 2 aromatic rings. The Kier molecular flexibility index (Phi) is 2.26. The molecule has 0 unspecified atom stereocenters. The van der Waals surface area contributed by atoms with Crippen LogP contribution in [0.15, 0.2) is 27.4 Å². The van der Waals surface area contributed by atoms with Crippen LogP contribution in [0.1, 0.15) is 13.8 Å². The molecule has 0 bridgehead atoms. The van der Waals surface area contributed by atoms with Crippen LogP contribution >= 0.6 is 0 Å². The molecule has 80 valence electrons. The zero-order chi connectivity index (χ0) is 11.0. The topological polar surface area (TPSA) is 49.2 Å². The molecule has 4 nitrogen and oxygen atoms in total. The number of anilines is 1. The van der Waals surface area contributed by atoms with Crippen molar-refractivity contribution in [1.82, 2.24) is 4.98 Å². The molecule has 0 saturated carbocycles. The summed E-state index contributed by atoms with van der Waals surface area (Å²) in [6.07, 6.45) is 0. The highest BCUT2D eigenvalue weighted by atomic mass is 16.4. The first-order valence-corrected chi connectivity index (χ1v) is 4.93. The minimum absolute atomic E-state index is 0.408. The lowest BCUT2D eigenvalue weighted by Gasteiger charge is -2.23. The third kappa shape index (κ3) is 1.75. The van der Waals surface area contributed by atoms with E-state index in [1.165, 1.54) is 0 Å². The number of aromatic amines is 1. The van der Waals surface area contributed by atoms with Gasteiger partial charge in [0.15, 0.2) is 5.58 Å². The molecule has 0 fully saturated rings. The van der Waals surface area contributed by atoms with E-state index in [-0.39, 0.29) is 0 Å². The van der Waals surface area contributed by atoms with Gasteiger partial charge in [-0.15, -0.1) is 0 Å². The Bertz CT molecular complexity index is 525. The van der Waals surface area contributed by atoms with Crippen LogP contribution in [0, 0.1) is 0 Å². The van der Waals surface area contributed by atoms with Gasteiger partial charge in [0.2, 0.25) is 0 Å². The Labute approximate surface area is 87.5 Å². The summed E-state index contributed by atoms with van der Waals surface area (Å²) in [6.45, 7) is 4.23. The Hall–Kier alpha value is -1.71. The van der Waals surface area contributed by atoms with Crippen molar-refractivity contribution in [2.75, 3.05) is 11.9 Å². The number of hydrogen-bond donors (Lipinski definition) is 1. The highest BCUT2D eigenvalue weighted by Gasteiger charge is 2.07. The first kappa shape index (κ1) is 9.83. The molecule has 0 aliphatic carbocycles. The number of H-pyrrole nitrogens is 1. The third-order valence-electron chi connectivity index (χ3n) is 2.58. The van der Waals surface area contributed by atoms with Gasteiger partial charge in [-0.1, -0.05) is 0 Å². The molecule has 0 radical (unpaired) electrons. The molecule has 0 aliphatic heterocycles.